The van der Waals surface area contributed by atoms with E-state index in [9.17, 15) is 22.4 Å². The molecule has 0 unspecified atom stereocenters. The molecule has 0 heterocycles. The standard InChI is InChI=1S/C20H23FN2O5S/c1-13(2)23(4)29(26,27)16-7-5-6-15(11-16)20(25)28-12-19(24)22-18-9-8-14(3)10-17(18)21/h5-11,13H,12H2,1-4H3,(H,22,24). The first kappa shape index (κ1) is 22.5. The highest BCUT2D eigenvalue weighted by Gasteiger charge is 2.24. The van der Waals surface area contributed by atoms with Gasteiger partial charge in [0.25, 0.3) is 5.91 Å². The number of aryl methyl sites for hydroxylation is 1. The summed E-state index contributed by atoms with van der Waals surface area (Å²) in [5.41, 5.74) is 0.656. The van der Waals surface area contributed by atoms with Crippen molar-refractivity contribution in [3.05, 3.63) is 59.4 Å². The molecule has 0 radical (unpaired) electrons. The summed E-state index contributed by atoms with van der Waals surface area (Å²) in [6.07, 6.45) is 0. The van der Waals surface area contributed by atoms with Crippen molar-refractivity contribution in [2.24, 2.45) is 0 Å². The Bertz CT molecular complexity index is 1020. The molecular weight excluding hydrogens is 399 g/mol. The van der Waals surface area contributed by atoms with Crippen LogP contribution in [0.15, 0.2) is 47.4 Å². The number of nitrogens with zero attached hydrogens (tertiary/aromatic N) is 1. The van der Waals surface area contributed by atoms with Gasteiger partial charge in [0.2, 0.25) is 10.0 Å². The highest BCUT2D eigenvalue weighted by atomic mass is 32.2. The van der Waals surface area contributed by atoms with Crippen LogP contribution < -0.4 is 5.32 Å². The third kappa shape index (κ3) is 5.61. The van der Waals surface area contributed by atoms with Gasteiger partial charge in [0.15, 0.2) is 6.61 Å². The highest BCUT2D eigenvalue weighted by Crippen LogP contribution is 2.19. The minimum Gasteiger partial charge on any atom is -0.452 e. The van der Waals surface area contributed by atoms with E-state index in [1.165, 1.54) is 47.8 Å². The van der Waals surface area contributed by atoms with Gasteiger partial charge in [-0.15, -0.1) is 0 Å². The van der Waals surface area contributed by atoms with Crippen molar-refractivity contribution < 1.29 is 27.1 Å². The van der Waals surface area contributed by atoms with E-state index in [1.807, 2.05) is 0 Å². The lowest BCUT2D eigenvalue weighted by Crippen LogP contribution is -2.33. The van der Waals surface area contributed by atoms with Crippen LogP contribution in [0.1, 0.15) is 29.8 Å². The quantitative estimate of drug-likeness (QED) is 0.693. The van der Waals surface area contributed by atoms with E-state index < -0.39 is 34.3 Å². The van der Waals surface area contributed by atoms with E-state index in [2.05, 4.69) is 5.32 Å². The van der Waals surface area contributed by atoms with Gasteiger partial charge >= 0.3 is 5.97 Å². The van der Waals surface area contributed by atoms with Gasteiger partial charge in [-0.25, -0.2) is 17.6 Å². The molecular formula is C20H23FN2O5S. The number of nitrogens with one attached hydrogen (secondary N) is 1. The zero-order valence-corrected chi connectivity index (χ0v) is 17.4. The lowest BCUT2D eigenvalue weighted by atomic mass is 10.2. The Kier molecular flexibility index (Phi) is 7.10. The lowest BCUT2D eigenvalue weighted by molar-refractivity contribution is -0.119. The molecule has 7 nitrogen and oxygen atoms in total. The Morgan fingerprint density at radius 2 is 1.86 bits per heavy atom. The number of ether oxygens (including phenoxy) is 1. The van der Waals surface area contributed by atoms with Crippen LogP contribution in [0, 0.1) is 12.7 Å². The maximum Gasteiger partial charge on any atom is 0.338 e. The topological polar surface area (TPSA) is 92.8 Å². The van der Waals surface area contributed by atoms with Gasteiger partial charge < -0.3 is 10.1 Å². The Morgan fingerprint density at radius 3 is 2.48 bits per heavy atom. The van der Waals surface area contributed by atoms with Crippen LogP contribution in [0.2, 0.25) is 0 Å². The number of sulfonamides is 1. The molecule has 9 heteroatoms. The molecule has 1 N–H and O–H groups in total. The Hall–Kier alpha value is -2.78. The summed E-state index contributed by atoms with van der Waals surface area (Å²) in [7, 11) is -2.33. The fraction of sp³-hybridized carbons (Fsp3) is 0.300. The SMILES string of the molecule is Cc1ccc(NC(=O)COC(=O)c2cccc(S(=O)(=O)N(C)C(C)C)c2)c(F)c1. The zero-order valence-electron chi connectivity index (χ0n) is 16.6. The van der Waals surface area contributed by atoms with Crippen LogP contribution >= 0.6 is 0 Å². The van der Waals surface area contributed by atoms with Crippen LogP contribution in [0.25, 0.3) is 0 Å². The van der Waals surface area contributed by atoms with E-state index in [1.54, 1.807) is 26.8 Å². The van der Waals surface area contributed by atoms with Crippen molar-refractivity contribution in [1.29, 1.82) is 0 Å². The number of carbonyl (C=O) groups excluding carboxylic acids is 2. The molecule has 0 bridgehead atoms. The van der Waals surface area contributed by atoms with Crippen LogP contribution in [0.3, 0.4) is 0 Å². The summed E-state index contributed by atoms with van der Waals surface area (Å²) in [5.74, 6) is -2.19. The van der Waals surface area contributed by atoms with Crippen molar-refractivity contribution in [2.45, 2.75) is 31.7 Å². The van der Waals surface area contributed by atoms with Crippen molar-refractivity contribution in [3.8, 4) is 0 Å². The van der Waals surface area contributed by atoms with Gasteiger partial charge in [-0.2, -0.15) is 4.31 Å². The third-order valence-corrected chi connectivity index (χ3v) is 6.24. The first-order chi connectivity index (χ1) is 13.5. The molecule has 2 rings (SSSR count). The second-order valence-corrected chi connectivity index (χ2v) is 8.75. The van der Waals surface area contributed by atoms with Crippen molar-refractivity contribution in [1.82, 2.24) is 4.31 Å². The number of esters is 1. The molecule has 0 fully saturated rings. The van der Waals surface area contributed by atoms with Crippen LogP contribution in [-0.4, -0.2) is 44.3 Å². The normalized spacial score (nSPS) is 11.6. The molecule has 0 saturated carbocycles. The molecule has 0 saturated heterocycles. The van der Waals surface area contributed by atoms with Gasteiger partial charge in [0.05, 0.1) is 16.1 Å². The van der Waals surface area contributed by atoms with Crippen LogP contribution in [-0.2, 0) is 19.6 Å². The summed E-state index contributed by atoms with van der Waals surface area (Å²) in [4.78, 5) is 24.1. The fourth-order valence-corrected chi connectivity index (χ4v) is 3.76. The molecule has 0 aliphatic heterocycles. The number of anilines is 1. The number of hydrogen-bond donors (Lipinski definition) is 1. The van der Waals surface area contributed by atoms with Crippen LogP contribution in [0.5, 0.6) is 0 Å². The number of hydrogen-bond acceptors (Lipinski definition) is 5. The fourth-order valence-electron chi connectivity index (χ4n) is 2.35. The Balaban J connectivity index is 2.05. The number of rotatable bonds is 7. The molecule has 0 aliphatic rings. The van der Waals surface area contributed by atoms with E-state index in [0.717, 1.165) is 0 Å². The summed E-state index contributed by atoms with van der Waals surface area (Å²) >= 11 is 0. The van der Waals surface area contributed by atoms with Gasteiger partial charge in [-0.3, -0.25) is 4.79 Å². The van der Waals surface area contributed by atoms with E-state index >= 15 is 0 Å². The molecule has 2 aromatic carbocycles. The molecule has 2 aromatic rings. The second kappa shape index (κ2) is 9.15. The first-order valence-corrected chi connectivity index (χ1v) is 10.3. The van der Waals surface area contributed by atoms with Gasteiger partial charge in [0.1, 0.15) is 5.82 Å². The first-order valence-electron chi connectivity index (χ1n) is 8.83. The minimum absolute atomic E-state index is 0.0162. The number of carbonyl (C=O) groups is 2. The minimum atomic E-state index is -3.77. The average Bonchev–Trinajstić information content (AvgIpc) is 2.67. The number of amides is 1. The maximum absolute atomic E-state index is 13.8. The summed E-state index contributed by atoms with van der Waals surface area (Å²) in [6.45, 7) is 4.52. The lowest BCUT2D eigenvalue weighted by Gasteiger charge is -2.21. The van der Waals surface area contributed by atoms with Gasteiger partial charge in [-0.1, -0.05) is 12.1 Å². The Labute approximate surface area is 169 Å². The van der Waals surface area contributed by atoms with E-state index in [0.29, 0.717) is 5.56 Å². The Morgan fingerprint density at radius 1 is 1.17 bits per heavy atom. The predicted molar refractivity (Wildman–Crippen MR) is 107 cm³/mol. The molecule has 1 amide bonds. The molecule has 29 heavy (non-hydrogen) atoms. The highest BCUT2D eigenvalue weighted by molar-refractivity contribution is 7.89. The summed E-state index contributed by atoms with van der Waals surface area (Å²) < 4.78 is 45.0. The molecule has 0 aliphatic carbocycles. The van der Waals surface area contributed by atoms with Gasteiger partial charge in [0, 0.05) is 13.1 Å². The van der Waals surface area contributed by atoms with Crippen LogP contribution in [0.4, 0.5) is 10.1 Å². The summed E-state index contributed by atoms with van der Waals surface area (Å²) in [6, 6.07) is 9.40. The maximum atomic E-state index is 13.8. The molecule has 0 atom stereocenters. The largest absolute Gasteiger partial charge is 0.452 e. The van der Waals surface area contributed by atoms with Crippen molar-refractivity contribution in [2.75, 3.05) is 19.0 Å². The number of benzene rings is 2. The van der Waals surface area contributed by atoms with Gasteiger partial charge in [-0.05, 0) is 56.7 Å². The monoisotopic (exact) mass is 422 g/mol. The zero-order chi connectivity index (χ0) is 21.8. The van der Waals surface area contributed by atoms with E-state index in [4.69, 9.17) is 4.74 Å². The second-order valence-electron chi connectivity index (χ2n) is 6.75. The smallest absolute Gasteiger partial charge is 0.338 e. The molecule has 156 valence electrons. The predicted octanol–water partition coefficient (Wildman–Crippen LogP) is 2.96. The van der Waals surface area contributed by atoms with Crippen molar-refractivity contribution >= 4 is 27.6 Å². The number of halogens is 1. The molecule has 0 spiro atoms. The average molecular weight is 422 g/mol. The molecule has 0 aromatic heterocycles. The summed E-state index contributed by atoms with van der Waals surface area (Å²) in [5, 5.41) is 2.31. The van der Waals surface area contributed by atoms with E-state index in [-0.39, 0.29) is 22.2 Å². The third-order valence-electron chi connectivity index (χ3n) is 4.21. The van der Waals surface area contributed by atoms with Crippen molar-refractivity contribution in [3.63, 3.8) is 0 Å².